The fraction of sp³-hybridized carbons (Fsp3) is 0.0667. The summed E-state index contributed by atoms with van der Waals surface area (Å²) in [6.07, 6.45) is 1.53. The molecule has 2 aromatic rings. The van der Waals surface area contributed by atoms with Crippen molar-refractivity contribution in [1.29, 1.82) is 0 Å². The van der Waals surface area contributed by atoms with Crippen LogP contribution in [0, 0.1) is 0 Å². The topological polar surface area (TPSA) is 55.4 Å². The Balaban J connectivity index is 2.09. The van der Waals surface area contributed by atoms with E-state index in [2.05, 4.69) is 4.72 Å². The van der Waals surface area contributed by atoms with Crippen molar-refractivity contribution in [2.24, 2.45) is 0 Å². The molecule has 0 spiro atoms. The van der Waals surface area contributed by atoms with E-state index < -0.39 is 10.0 Å². The van der Waals surface area contributed by atoms with E-state index in [0.717, 1.165) is 16.7 Å². The van der Waals surface area contributed by atoms with Crippen molar-refractivity contribution in [3.8, 4) is 5.75 Å². The molecule has 0 saturated heterocycles. The van der Waals surface area contributed by atoms with Gasteiger partial charge in [0.15, 0.2) is 0 Å². The number of hydrogen-bond acceptors (Lipinski definition) is 3. The minimum Gasteiger partial charge on any atom is -0.497 e. The van der Waals surface area contributed by atoms with Gasteiger partial charge in [0, 0.05) is 5.69 Å². The Labute approximate surface area is 118 Å². The average Bonchev–Trinajstić information content (AvgIpc) is 2.46. The van der Waals surface area contributed by atoms with Gasteiger partial charge in [-0.15, -0.1) is 0 Å². The number of sulfonamides is 1. The maximum Gasteiger partial charge on any atom is 0.255 e. The second-order valence-electron chi connectivity index (χ2n) is 4.09. The molecular weight excluding hydrogens is 274 g/mol. The molecule has 0 aliphatic heterocycles. The lowest BCUT2D eigenvalue weighted by molar-refractivity contribution is 0.415. The average molecular weight is 289 g/mol. The molecule has 0 aliphatic rings. The van der Waals surface area contributed by atoms with Crippen molar-refractivity contribution in [2.45, 2.75) is 0 Å². The zero-order chi connectivity index (χ0) is 14.4. The molecule has 20 heavy (non-hydrogen) atoms. The highest BCUT2D eigenvalue weighted by Crippen LogP contribution is 2.14. The third-order valence-electron chi connectivity index (χ3n) is 2.59. The molecule has 0 bridgehead atoms. The van der Waals surface area contributed by atoms with Crippen molar-refractivity contribution in [3.05, 3.63) is 65.6 Å². The number of benzene rings is 2. The predicted octanol–water partition coefficient (Wildman–Crippen LogP) is 3.11. The largest absolute Gasteiger partial charge is 0.497 e. The number of methoxy groups -OCH3 is 1. The normalized spacial score (nSPS) is 11.4. The Hall–Kier alpha value is -2.27. The van der Waals surface area contributed by atoms with Crippen LogP contribution in [-0.2, 0) is 10.0 Å². The second-order valence-corrected chi connectivity index (χ2v) is 5.66. The first-order valence-corrected chi connectivity index (χ1v) is 7.54. The van der Waals surface area contributed by atoms with E-state index in [1.165, 1.54) is 6.08 Å². The van der Waals surface area contributed by atoms with E-state index >= 15 is 0 Å². The molecule has 0 fully saturated rings. The number of hydrogen-bond donors (Lipinski definition) is 1. The Morgan fingerprint density at radius 3 is 2.25 bits per heavy atom. The molecule has 0 atom stereocenters. The van der Waals surface area contributed by atoms with Crippen LogP contribution in [0.15, 0.2) is 60.0 Å². The van der Waals surface area contributed by atoms with Crippen molar-refractivity contribution in [2.75, 3.05) is 11.8 Å². The van der Waals surface area contributed by atoms with Crippen LogP contribution in [0.3, 0.4) is 0 Å². The smallest absolute Gasteiger partial charge is 0.255 e. The summed E-state index contributed by atoms with van der Waals surface area (Å²) < 4.78 is 31.3. The van der Waals surface area contributed by atoms with E-state index in [4.69, 9.17) is 4.74 Å². The maximum absolute atomic E-state index is 11.9. The first kappa shape index (κ1) is 14.1. The fourth-order valence-corrected chi connectivity index (χ4v) is 2.46. The molecule has 2 rings (SSSR count). The first-order chi connectivity index (χ1) is 9.59. The summed E-state index contributed by atoms with van der Waals surface area (Å²) in [4.78, 5) is 0. The molecule has 5 heteroatoms. The van der Waals surface area contributed by atoms with Crippen molar-refractivity contribution < 1.29 is 13.2 Å². The summed E-state index contributed by atoms with van der Waals surface area (Å²) in [5.41, 5.74) is 1.32. The van der Waals surface area contributed by atoms with E-state index in [9.17, 15) is 8.42 Å². The highest BCUT2D eigenvalue weighted by Gasteiger charge is 2.04. The van der Waals surface area contributed by atoms with Crippen LogP contribution in [0.4, 0.5) is 5.69 Å². The molecule has 104 valence electrons. The number of rotatable bonds is 5. The van der Waals surface area contributed by atoms with Gasteiger partial charge < -0.3 is 4.74 Å². The number of nitrogens with one attached hydrogen (secondary N) is 1. The second kappa shape index (κ2) is 6.25. The third-order valence-corrected chi connectivity index (χ3v) is 3.60. The molecule has 0 amide bonds. The van der Waals surface area contributed by atoms with Gasteiger partial charge in [-0.05, 0) is 35.9 Å². The lowest BCUT2D eigenvalue weighted by Gasteiger charge is -2.03. The SMILES string of the molecule is COc1ccc(/C=C/S(=O)(=O)Nc2ccccc2)cc1. The van der Waals surface area contributed by atoms with Gasteiger partial charge in [-0.1, -0.05) is 30.3 Å². The Morgan fingerprint density at radius 1 is 1.00 bits per heavy atom. The molecule has 1 N–H and O–H groups in total. The van der Waals surface area contributed by atoms with Gasteiger partial charge in [-0.2, -0.15) is 0 Å². The van der Waals surface area contributed by atoms with Crippen LogP contribution < -0.4 is 9.46 Å². The van der Waals surface area contributed by atoms with E-state index in [-0.39, 0.29) is 0 Å². The monoisotopic (exact) mass is 289 g/mol. The zero-order valence-corrected chi connectivity index (χ0v) is 11.8. The van der Waals surface area contributed by atoms with Gasteiger partial charge in [0.05, 0.1) is 12.5 Å². The van der Waals surface area contributed by atoms with Gasteiger partial charge in [0.25, 0.3) is 10.0 Å². The first-order valence-electron chi connectivity index (χ1n) is 5.99. The van der Waals surface area contributed by atoms with Crippen LogP contribution in [-0.4, -0.2) is 15.5 Å². The van der Waals surface area contributed by atoms with Crippen molar-refractivity contribution in [1.82, 2.24) is 0 Å². The number of anilines is 1. The molecule has 0 saturated carbocycles. The lowest BCUT2D eigenvalue weighted by Crippen LogP contribution is -2.08. The molecule has 0 radical (unpaired) electrons. The minimum atomic E-state index is -3.51. The van der Waals surface area contributed by atoms with Gasteiger partial charge in [0.1, 0.15) is 5.75 Å². The summed E-state index contributed by atoms with van der Waals surface area (Å²) in [5.74, 6) is 0.729. The fourth-order valence-electron chi connectivity index (χ4n) is 1.59. The summed E-state index contributed by atoms with van der Waals surface area (Å²) in [6.45, 7) is 0. The van der Waals surface area contributed by atoms with Gasteiger partial charge in [0.2, 0.25) is 0 Å². The van der Waals surface area contributed by atoms with Crippen LogP contribution in [0.5, 0.6) is 5.75 Å². The van der Waals surface area contributed by atoms with Crippen LogP contribution >= 0.6 is 0 Å². The van der Waals surface area contributed by atoms with Crippen molar-refractivity contribution >= 4 is 21.8 Å². The predicted molar refractivity (Wildman–Crippen MR) is 81.0 cm³/mol. The van der Waals surface area contributed by atoms with E-state index in [0.29, 0.717) is 5.69 Å². The summed E-state index contributed by atoms with van der Waals surface area (Å²) >= 11 is 0. The van der Waals surface area contributed by atoms with Crippen LogP contribution in [0.1, 0.15) is 5.56 Å². The van der Waals surface area contributed by atoms with E-state index in [1.54, 1.807) is 55.6 Å². The van der Waals surface area contributed by atoms with Crippen LogP contribution in [0.2, 0.25) is 0 Å². The molecule has 2 aromatic carbocycles. The zero-order valence-electron chi connectivity index (χ0n) is 11.0. The Bertz CT molecular complexity index is 677. The van der Waals surface area contributed by atoms with Gasteiger partial charge in [-0.25, -0.2) is 8.42 Å². The lowest BCUT2D eigenvalue weighted by atomic mass is 10.2. The van der Waals surface area contributed by atoms with E-state index in [1.807, 2.05) is 6.07 Å². The summed E-state index contributed by atoms with van der Waals surface area (Å²) in [7, 11) is -1.93. The van der Waals surface area contributed by atoms with Crippen LogP contribution in [0.25, 0.3) is 6.08 Å². The molecule has 4 nitrogen and oxygen atoms in total. The van der Waals surface area contributed by atoms with Gasteiger partial charge >= 0.3 is 0 Å². The Morgan fingerprint density at radius 2 is 1.65 bits per heavy atom. The van der Waals surface area contributed by atoms with Crippen molar-refractivity contribution in [3.63, 3.8) is 0 Å². The highest BCUT2D eigenvalue weighted by atomic mass is 32.2. The molecule has 0 aliphatic carbocycles. The number of para-hydroxylation sites is 1. The summed E-state index contributed by atoms with van der Waals surface area (Å²) in [6, 6.07) is 15.9. The highest BCUT2D eigenvalue weighted by molar-refractivity contribution is 7.95. The summed E-state index contributed by atoms with van der Waals surface area (Å²) in [5, 5.41) is 1.14. The quantitative estimate of drug-likeness (QED) is 0.920. The molecular formula is C15H15NO3S. The molecule has 0 heterocycles. The third kappa shape index (κ3) is 4.13. The van der Waals surface area contributed by atoms with Gasteiger partial charge in [-0.3, -0.25) is 4.72 Å². The standard InChI is InChI=1S/C15H15NO3S/c1-19-15-9-7-13(8-10-15)11-12-20(17,18)16-14-5-3-2-4-6-14/h2-12,16H,1H3/b12-11+. The number of ether oxygens (including phenoxy) is 1. The molecule has 0 unspecified atom stereocenters. The Kier molecular flexibility index (Phi) is 4.42. The molecule has 0 aromatic heterocycles. The minimum absolute atomic E-state index is 0.534. The maximum atomic E-state index is 11.9.